The fourth-order valence-corrected chi connectivity index (χ4v) is 3.14. The zero-order chi connectivity index (χ0) is 17.1. The van der Waals surface area contributed by atoms with Crippen molar-refractivity contribution in [3.05, 3.63) is 34.7 Å². The Balaban J connectivity index is 1.81. The van der Waals surface area contributed by atoms with Crippen molar-refractivity contribution in [2.75, 3.05) is 6.54 Å². The van der Waals surface area contributed by atoms with Crippen LogP contribution in [0.3, 0.4) is 0 Å². The van der Waals surface area contributed by atoms with Crippen molar-refractivity contribution in [2.45, 2.75) is 38.6 Å². The van der Waals surface area contributed by atoms with Crippen LogP contribution in [0.1, 0.15) is 43.0 Å². The normalized spacial score (nSPS) is 17.7. The number of carbonyl (C=O) groups excluding carboxylic acids is 2. The standard InChI is InChI=1S/C17H19N3O3S/c1-2-14(21)13-5-3-4-10-20(13)16(22)12-8-6-11(7-9-12)15-18-19-17(24)23-15/h6-9,13H,2-5,10H2,1H3,(H,19,24)/t13-/m0/s1. The number of hydrogen-bond donors (Lipinski definition) is 1. The van der Waals surface area contributed by atoms with E-state index in [1.807, 2.05) is 6.92 Å². The molecule has 126 valence electrons. The van der Waals surface area contributed by atoms with Gasteiger partial charge in [-0.3, -0.25) is 9.59 Å². The van der Waals surface area contributed by atoms with E-state index in [0.717, 1.165) is 24.8 Å². The van der Waals surface area contributed by atoms with Gasteiger partial charge in [0.1, 0.15) is 0 Å². The Kier molecular flexibility index (Phi) is 4.89. The molecule has 24 heavy (non-hydrogen) atoms. The van der Waals surface area contributed by atoms with Crippen LogP contribution >= 0.6 is 12.2 Å². The summed E-state index contributed by atoms with van der Waals surface area (Å²) in [5.74, 6) is 0.417. The third-order valence-corrected chi connectivity index (χ3v) is 4.48. The lowest BCUT2D eigenvalue weighted by Crippen LogP contribution is -2.47. The van der Waals surface area contributed by atoms with Gasteiger partial charge in [-0.15, -0.1) is 5.10 Å². The van der Waals surface area contributed by atoms with Crippen molar-refractivity contribution in [1.82, 2.24) is 15.1 Å². The molecule has 0 bridgehead atoms. The molecule has 0 radical (unpaired) electrons. The van der Waals surface area contributed by atoms with E-state index in [4.69, 9.17) is 16.6 Å². The Morgan fingerprint density at radius 3 is 2.71 bits per heavy atom. The number of aromatic nitrogens is 2. The fourth-order valence-electron chi connectivity index (χ4n) is 3.02. The van der Waals surface area contributed by atoms with E-state index in [9.17, 15) is 9.59 Å². The molecule has 2 heterocycles. The molecule has 1 saturated heterocycles. The van der Waals surface area contributed by atoms with E-state index in [0.29, 0.717) is 24.4 Å². The number of carbonyl (C=O) groups is 2. The van der Waals surface area contributed by atoms with E-state index < -0.39 is 0 Å². The maximum atomic E-state index is 12.8. The second kappa shape index (κ2) is 7.09. The van der Waals surface area contributed by atoms with Crippen molar-refractivity contribution >= 4 is 23.9 Å². The summed E-state index contributed by atoms with van der Waals surface area (Å²) < 4.78 is 5.26. The number of rotatable bonds is 4. The molecule has 0 aliphatic carbocycles. The highest BCUT2D eigenvalue weighted by atomic mass is 32.1. The summed E-state index contributed by atoms with van der Waals surface area (Å²) in [7, 11) is 0. The molecule has 2 aromatic rings. The Labute approximate surface area is 144 Å². The summed E-state index contributed by atoms with van der Waals surface area (Å²) in [6.07, 6.45) is 3.13. The number of piperidine rings is 1. The fraction of sp³-hybridized carbons (Fsp3) is 0.412. The zero-order valence-electron chi connectivity index (χ0n) is 13.4. The van der Waals surface area contributed by atoms with Crippen molar-refractivity contribution in [2.24, 2.45) is 0 Å². The highest BCUT2D eigenvalue weighted by Crippen LogP contribution is 2.23. The van der Waals surface area contributed by atoms with Crippen LogP contribution in [0.2, 0.25) is 0 Å². The minimum atomic E-state index is -0.292. The van der Waals surface area contributed by atoms with Crippen LogP contribution in [-0.4, -0.2) is 39.4 Å². The van der Waals surface area contributed by atoms with Gasteiger partial charge < -0.3 is 9.32 Å². The van der Waals surface area contributed by atoms with Crippen molar-refractivity contribution in [3.63, 3.8) is 0 Å². The van der Waals surface area contributed by atoms with Crippen LogP contribution in [0.15, 0.2) is 28.7 Å². The topological polar surface area (TPSA) is 79.2 Å². The van der Waals surface area contributed by atoms with E-state index in [2.05, 4.69) is 10.2 Å². The van der Waals surface area contributed by atoms with Crippen LogP contribution in [-0.2, 0) is 4.79 Å². The largest absolute Gasteiger partial charge is 0.409 e. The SMILES string of the molecule is CCC(=O)[C@@H]1CCCCN1C(=O)c1ccc(-c2n[nH]c(=S)o2)cc1. The Morgan fingerprint density at radius 2 is 2.08 bits per heavy atom. The van der Waals surface area contributed by atoms with Gasteiger partial charge in [0, 0.05) is 24.1 Å². The minimum Gasteiger partial charge on any atom is -0.409 e. The van der Waals surface area contributed by atoms with Crippen LogP contribution in [0.5, 0.6) is 0 Å². The number of Topliss-reactive ketones (excluding diaryl/α,β-unsaturated/α-hetero) is 1. The summed E-state index contributed by atoms with van der Waals surface area (Å²) in [6, 6.07) is 6.70. The van der Waals surface area contributed by atoms with Gasteiger partial charge in [0.05, 0.1) is 6.04 Å². The molecule has 1 aliphatic heterocycles. The number of hydrogen-bond acceptors (Lipinski definition) is 5. The molecule has 0 saturated carbocycles. The minimum absolute atomic E-state index is 0.101. The molecule has 0 unspecified atom stereocenters. The number of nitrogens with one attached hydrogen (secondary N) is 1. The third-order valence-electron chi connectivity index (χ3n) is 4.30. The second-order valence-corrected chi connectivity index (χ2v) is 6.20. The van der Waals surface area contributed by atoms with E-state index in [1.165, 1.54) is 0 Å². The summed E-state index contributed by atoms with van der Waals surface area (Å²) >= 11 is 4.86. The maximum Gasteiger partial charge on any atom is 0.284 e. The zero-order valence-corrected chi connectivity index (χ0v) is 14.3. The molecule has 1 amide bonds. The highest BCUT2D eigenvalue weighted by molar-refractivity contribution is 7.71. The summed E-state index contributed by atoms with van der Waals surface area (Å²) in [5, 5.41) is 6.53. The first-order valence-corrected chi connectivity index (χ1v) is 8.50. The molecule has 7 heteroatoms. The van der Waals surface area contributed by atoms with Crippen molar-refractivity contribution < 1.29 is 14.0 Å². The highest BCUT2D eigenvalue weighted by Gasteiger charge is 2.31. The average Bonchev–Trinajstić information content (AvgIpc) is 3.07. The molecule has 6 nitrogen and oxygen atoms in total. The van der Waals surface area contributed by atoms with Crippen LogP contribution in [0.4, 0.5) is 0 Å². The van der Waals surface area contributed by atoms with Gasteiger partial charge in [-0.2, -0.15) is 0 Å². The van der Waals surface area contributed by atoms with E-state index >= 15 is 0 Å². The predicted molar refractivity (Wildman–Crippen MR) is 91.1 cm³/mol. The first-order chi connectivity index (χ1) is 11.6. The van der Waals surface area contributed by atoms with Gasteiger partial charge in [0.15, 0.2) is 5.78 Å². The van der Waals surface area contributed by atoms with Gasteiger partial charge >= 0.3 is 0 Å². The Bertz CT molecular complexity index is 794. The molecule has 1 fully saturated rings. The number of aromatic amines is 1. The molecular weight excluding hydrogens is 326 g/mol. The second-order valence-electron chi connectivity index (χ2n) is 5.83. The van der Waals surface area contributed by atoms with Crippen molar-refractivity contribution in [3.8, 4) is 11.5 Å². The maximum absolute atomic E-state index is 12.8. The average molecular weight is 345 g/mol. The summed E-state index contributed by atoms with van der Waals surface area (Å²) in [4.78, 5) is 26.8. The molecule has 3 rings (SSSR count). The van der Waals surface area contributed by atoms with Crippen molar-refractivity contribution in [1.29, 1.82) is 0 Å². The third kappa shape index (κ3) is 3.31. The molecule has 1 N–H and O–H groups in total. The number of likely N-dealkylation sites (tertiary alicyclic amines) is 1. The lowest BCUT2D eigenvalue weighted by atomic mass is 9.96. The summed E-state index contributed by atoms with van der Waals surface area (Å²) in [5.41, 5.74) is 1.29. The molecule has 1 aromatic heterocycles. The molecule has 1 aromatic carbocycles. The quantitative estimate of drug-likeness (QED) is 0.860. The number of amides is 1. The van der Waals surface area contributed by atoms with Crippen LogP contribution < -0.4 is 0 Å². The lowest BCUT2D eigenvalue weighted by molar-refractivity contribution is -0.124. The molecule has 0 spiro atoms. The number of benzene rings is 1. The van der Waals surface area contributed by atoms with E-state index in [1.54, 1.807) is 29.2 Å². The van der Waals surface area contributed by atoms with Gasteiger partial charge in [0.2, 0.25) is 5.89 Å². The van der Waals surface area contributed by atoms with Crippen LogP contribution in [0, 0.1) is 4.84 Å². The first-order valence-electron chi connectivity index (χ1n) is 8.09. The Hall–Kier alpha value is -2.28. The summed E-state index contributed by atoms with van der Waals surface area (Å²) in [6.45, 7) is 2.47. The predicted octanol–water partition coefficient (Wildman–Crippen LogP) is 3.37. The monoisotopic (exact) mass is 345 g/mol. The van der Waals surface area contributed by atoms with Gasteiger partial charge in [-0.25, -0.2) is 5.10 Å². The number of H-pyrrole nitrogens is 1. The lowest BCUT2D eigenvalue weighted by Gasteiger charge is -2.34. The van der Waals surface area contributed by atoms with Gasteiger partial charge in [0.25, 0.3) is 10.7 Å². The smallest absolute Gasteiger partial charge is 0.284 e. The molecule has 1 aliphatic rings. The van der Waals surface area contributed by atoms with Gasteiger partial charge in [-0.05, 0) is 55.7 Å². The number of nitrogens with zero attached hydrogens (tertiary/aromatic N) is 2. The molecular formula is C17H19N3O3S. The van der Waals surface area contributed by atoms with Crippen LogP contribution in [0.25, 0.3) is 11.5 Å². The Morgan fingerprint density at radius 1 is 1.33 bits per heavy atom. The number of ketones is 1. The molecule has 1 atom stereocenters. The first kappa shape index (κ1) is 16.6. The van der Waals surface area contributed by atoms with Gasteiger partial charge in [-0.1, -0.05) is 6.92 Å². The van der Waals surface area contributed by atoms with E-state index in [-0.39, 0.29) is 22.6 Å².